The zero-order valence-electron chi connectivity index (χ0n) is 14.4. The molecule has 0 unspecified atom stereocenters. The number of nitrogens with one attached hydrogen (secondary N) is 2. The summed E-state index contributed by atoms with van der Waals surface area (Å²) in [6, 6.07) is 12.0. The molecular formula is C17H14N6O3S2. The predicted octanol–water partition coefficient (Wildman–Crippen LogP) is 1.67. The number of aromatic nitrogens is 3. The number of rotatable bonds is 5. The third kappa shape index (κ3) is 3.75. The van der Waals surface area contributed by atoms with Crippen LogP contribution in [0.1, 0.15) is 12.0 Å². The van der Waals surface area contributed by atoms with Gasteiger partial charge in [-0.25, -0.2) is 8.42 Å². The third-order valence-electron chi connectivity index (χ3n) is 3.83. The van der Waals surface area contributed by atoms with Crippen LogP contribution in [0.5, 0.6) is 0 Å². The molecule has 0 saturated heterocycles. The molecule has 9 nitrogen and oxygen atoms in total. The number of nitrogens with zero attached hydrogens (tertiary/aromatic N) is 4. The van der Waals surface area contributed by atoms with E-state index in [4.69, 9.17) is 0 Å². The van der Waals surface area contributed by atoms with Gasteiger partial charge in [-0.15, -0.1) is 10.2 Å². The first-order valence-corrected chi connectivity index (χ1v) is 10.5. The first kappa shape index (κ1) is 18.2. The van der Waals surface area contributed by atoms with Crippen molar-refractivity contribution in [3.05, 3.63) is 54.2 Å². The maximum absolute atomic E-state index is 12.1. The van der Waals surface area contributed by atoms with Gasteiger partial charge in [0.05, 0.1) is 11.4 Å². The van der Waals surface area contributed by atoms with E-state index in [0.717, 1.165) is 0 Å². The molecule has 0 spiro atoms. The molecule has 4 rings (SSSR count). The van der Waals surface area contributed by atoms with Crippen LogP contribution in [0.25, 0.3) is 10.7 Å². The van der Waals surface area contributed by atoms with Crippen LogP contribution >= 0.6 is 11.3 Å². The van der Waals surface area contributed by atoms with E-state index in [-0.39, 0.29) is 29.6 Å². The molecule has 142 valence electrons. The lowest BCUT2D eigenvalue weighted by Crippen LogP contribution is -2.23. The van der Waals surface area contributed by atoms with Gasteiger partial charge in [0.2, 0.25) is 11.0 Å². The van der Waals surface area contributed by atoms with Crippen LogP contribution in [-0.4, -0.2) is 41.9 Å². The number of fused-ring (bicyclic) bond motifs is 1. The highest BCUT2D eigenvalue weighted by Gasteiger charge is 2.29. The largest absolute Gasteiger partial charge is 0.300 e. The van der Waals surface area contributed by atoms with E-state index < -0.39 is 10.0 Å². The predicted molar refractivity (Wildman–Crippen MR) is 105 cm³/mol. The van der Waals surface area contributed by atoms with Gasteiger partial charge in [-0.3, -0.25) is 19.5 Å². The van der Waals surface area contributed by atoms with E-state index in [2.05, 4.69) is 30.2 Å². The summed E-state index contributed by atoms with van der Waals surface area (Å²) in [5.41, 5.74) is 1.19. The highest BCUT2D eigenvalue weighted by atomic mass is 32.2. The van der Waals surface area contributed by atoms with E-state index in [1.54, 1.807) is 30.5 Å². The second kappa shape index (κ2) is 7.44. The summed E-state index contributed by atoms with van der Waals surface area (Å²) in [7, 11) is -3.58. The molecule has 1 aliphatic rings. The molecule has 2 aromatic heterocycles. The zero-order chi connectivity index (χ0) is 19.6. The SMILES string of the molecule is O=C(CCN=C1NS(=O)(=O)c2ccccc21)Nc1nnc(-c2ccccn2)s1. The van der Waals surface area contributed by atoms with Crippen molar-refractivity contribution < 1.29 is 13.2 Å². The van der Waals surface area contributed by atoms with Crippen molar-refractivity contribution in [2.45, 2.75) is 11.3 Å². The molecule has 2 N–H and O–H groups in total. The van der Waals surface area contributed by atoms with Crippen molar-refractivity contribution in [2.24, 2.45) is 4.99 Å². The Balaban J connectivity index is 1.37. The Kier molecular flexibility index (Phi) is 4.84. The second-order valence-electron chi connectivity index (χ2n) is 5.76. The second-order valence-corrected chi connectivity index (χ2v) is 8.39. The molecule has 28 heavy (non-hydrogen) atoms. The Morgan fingerprint density at radius 1 is 1.14 bits per heavy atom. The van der Waals surface area contributed by atoms with E-state index >= 15 is 0 Å². The number of sulfonamides is 1. The van der Waals surface area contributed by atoms with Crippen LogP contribution in [0.15, 0.2) is 58.5 Å². The van der Waals surface area contributed by atoms with Gasteiger partial charge in [-0.05, 0) is 24.3 Å². The standard InChI is InChI=1S/C17H14N6O3S2/c24-14(20-17-22-21-16(27-17)12-6-3-4-9-18-12)8-10-19-15-11-5-1-2-7-13(11)28(25,26)23-15/h1-7,9H,8,10H2,(H,19,23)(H,20,22,24). The minimum atomic E-state index is -3.58. The summed E-state index contributed by atoms with van der Waals surface area (Å²) in [5.74, 6) is -0.0426. The van der Waals surface area contributed by atoms with Crippen molar-refractivity contribution in [1.29, 1.82) is 0 Å². The third-order valence-corrected chi connectivity index (χ3v) is 6.09. The molecular weight excluding hydrogens is 400 g/mol. The number of aliphatic imine (C=N–C) groups is 1. The summed E-state index contributed by atoms with van der Waals surface area (Å²) >= 11 is 1.22. The number of amidine groups is 1. The Bertz CT molecular complexity index is 1160. The van der Waals surface area contributed by atoms with Crippen molar-refractivity contribution in [3.63, 3.8) is 0 Å². The topological polar surface area (TPSA) is 126 Å². The minimum absolute atomic E-state index is 0.0753. The first-order chi connectivity index (χ1) is 13.5. The van der Waals surface area contributed by atoms with Crippen LogP contribution < -0.4 is 10.0 Å². The molecule has 0 fully saturated rings. The number of carbonyl (C=O) groups excluding carboxylic acids is 1. The maximum Gasteiger partial charge on any atom is 0.263 e. The molecule has 1 amide bonds. The molecule has 0 atom stereocenters. The number of hydrogen-bond donors (Lipinski definition) is 2. The van der Waals surface area contributed by atoms with E-state index in [1.165, 1.54) is 17.4 Å². The summed E-state index contributed by atoms with van der Waals surface area (Å²) < 4.78 is 26.5. The smallest absolute Gasteiger partial charge is 0.263 e. The average molecular weight is 414 g/mol. The monoisotopic (exact) mass is 414 g/mol. The number of hydrogen-bond acceptors (Lipinski definition) is 8. The molecule has 11 heteroatoms. The Hall–Kier alpha value is -3.18. The van der Waals surface area contributed by atoms with E-state index in [0.29, 0.717) is 21.4 Å². The van der Waals surface area contributed by atoms with Gasteiger partial charge in [0, 0.05) is 18.2 Å². The summed E-state index contributed by atoms with van der Waals surface area (Å²) in [5, 5.41) is 11.6. The molecule has 3 aromatic rings. The maximum atomic E-state index is 12.1. The minimum Gasteiger partial charge on any atom is -0.300 e. The molecule has 3 heterocycles. The quantitative estimate of drug-likeness (QED) is 0.654. The molecule has 0 bridgehead atoms. The van der Waals surface area contributed by atoms with Crippen molar-refractivity contribution >= 4 is 38.2 Å². The van der Waals surface area contributed by atoms with Crippen molar-refractivity contribution in [2.75, 3.05) is 11.9 Å². The van der Waals surface area contributed by atoms with Gasteiger partial charge in [0.15, 0.2) is 5.01 Å². The lowest BCUT2D eigenvalue weighted by molar-refractivity contribution is -0.116. The number of benzene rings is 1. The van der Waals surface area contributed by atoms with Gasteiger partial charge in [0.25, 0.3) is 10.0 Å². The molecule has 0 saturated carbocycles. The van der Waals surface area contributed by atoms with E-state index in [1.807, 2.05) is 12.1 Å². The fraction of sp³-hybridized carbons (Fsp3) is 0.118. The number of pyridine rings is 1. The number of anilines is 1. The first-order valence-electron chi connectivity index (χ1n) is 8.24. The van der Waals surface area contributed by atoms with Crippen LogP contribution in [0.4, 0.5) is 5.13 Å². The van der Waals surface area contributed by atoms with Crippen molar-refractivity contribution in [1.82, 2.24) is 19.9 Å². The Morgan fingerprint density at radius 2 is 1.96 bits per heavy atom. The zero-order valence-corrected chi connectivity index (χ0v) is 16.0. The lowest BCUT2D eigenvalue weighted by Gasteiger charge is -2.00. The lowest BCUT2D eigenvalue weighted by atomic mass is 10.2. The van der Waals surface area contributed by atoms with Gasteiger partial charge in [-0.2, -0.15) is 0 Å². The van der Waals surface area contributed by atoms with Crippen LogP contribution in [-0.2, 0) is 14.8 Å². The van der Waals surface area contributed by atoms with Gasteiger partial charge >= 0.3 is 0 Å². The fourth-order valence-electron chi connectivity index (χ4n) is 2.57. The van der Waals surface area contributed by atoms with Gasteiger partial charge < -0.3 is 5.32 Å². The van der Waals surface area contributed by atoms with Crippen LogP contribution in [0, 0.1) is 0 Å². The highest BCUT2D eigenvalue weighted by molar-refractivity contribution is 7.90. The normalized spacial score (nSPS) is 15.8. The summed E-state index contributed by atoms with van der Waals surface area (Å²) in [6.07, 6.45) is 1.73. The molecule has 1 aliphatic heterocycles. The van der Waals surface area contributed by atoms with Crippen molar-refractivity contribution in [3.8, 4) is 10.7 Å². The molecule has 0 radical (unpaired) electrons. The summed E-state index contributed by atoms with van der Waals surface area (Å²) in [4.78, 5) is 20.7. The van der Waals surface area contributed by atoms with Crippen LogP contribution in [0.3, 0.4) is 0 Å². The van der Waals surface area contributed by atoms with Gasteiger partial charge in [0.1, 0.15) is 11.5 Å². The number of amides is 1. The van der Waals surface area contributed by atoms with E-state index in [9.17, 15) is 13.2 Å². The van der Waals surface area contributed by atoms with Gasteiger partial charge in [-0.1, -0.05) is 29.5 Å². The highest BCUT2D eigenvalue weighted by Crippen LogP contribution is 2.24. The molecule has 0 aliphatic carbocycles. The Morgan fingerprint density at radius 3 is 2.79 bits per heavy atom. The summed E-state index contributed by atoms with van der Waals surface area (Å²) in [6.45, 7) is 0.129. The number of carbonyl (C=O) groups is 1. The fourth-order valence-corrected chi connectivity index (χ4v) is 4.56. The average Bonchev–Trinajstić information content (AvgIpc) is 3.25. The Labute approximate surface area is 164 Å². The van der Waals surface area contributed by atoms with Crippen LogP contribution in [0.2, 0.25) is 0 Å². The molecule has 1 aromatic carbocycles.